The third kappa shape index (κ3) is 3.78. The highest BCUT2D eigenvalue weighted by Gasteiger charge is 2.10. The standard InChI is InChI=1S/C15H7BrCl4N2S/c16-15-10(9-3-7(17)1-2-13(9)23-15)6-21-22-14-11(19)4-8(18)5-12(14)20/h1-6,22H/b21-6+. The molecule has 0 aliphatic carbocycles. The van der Waals surface area contributed by atoms with Gasteiger partial charge >= 0.3 is 0 Å². The molecule has 0 saturated heterocycles. The molecule has 3 aromatic rings. The average molecular weight is 469 g/mol. The van der Waals surface area contributed by atoms with E-state index in [1.165, 1.54) is 0 Å². The van der Waals surface area contributed by atoms with Crippen molar-refractivity contribution in [1.29, 1.82) is 0 Å². The zero-order valence-corrected chi connectivity index (χ0v) is 16.6. The van der Waals surface area contributed by atoms with E-state index in [-0.39, 0.29) is 0 Å². The number of halogens is 5. The van der Waals surface area contributed by atoms with Gasteiger partial charge in [0, 0.05) is 25.7 Å². The molecule has 118 valence electrons. The summed E-state index contributed by atoms with van der Waals surface area (Å²) in [5, 5.41) is 7.19. The number of fused-ring (bicyclic) bond motifs is 1. The molecule has 1 heterocycles. The third-order valence-electron chi connectivity index (χ3n) is 3.02. The molecule has 0 spiro atoms. The summed E-state index contributed by atoms with van der Waals surface area (Å²) in [7, 11) is 0. The van der Waals surface area contributed by atoms with Crippen LogP contribution in [0.25, 0.3) is 10.1 Å². The fourth-order valence-electron chi connectivity index (χ4n) is 1.99. The van der Waals surface area contributed by atoms with Gasteiger partial charge in [-0.1, -0.05) is 46.4 Å². The average Bonchev–Trinajstić information content (AvgIpc) is 2.77. The van der Waals surface area contributed by atoms with Crippen molar-refractivity contribution in [2.75, 3.05) is 5.43 Å². The number of thiophene rings is 1. The van der Waals surface area contributed by atoms with Crippen LogP contribution in [0.4, 0.5) is 5.69 Å². The van der Waals surface area contributed by atoms with E-state index in [0.717, 1.165) is 19.4 Å². The summed E-state index contributed by atoms with van der Waals surface area (Å²) in [5.41, 5.74) is 4.29. The molecule has 0 aliphatic heterocycles. The second-order valence-electron chi connectivity index (χ2n) is 4.54. The van der Waals surface area contributed by atoms with Crippen molar-refractivity contribution in [3.8, 4) is 0 Å². The Morgan fingerprint density at radius 1 is 1.00 bits per heavy atom. The van der Waals surface area contributed by atoms with E-state index < -0.39 is 0 Å². The fraction of sp³-hybridized carbons (Fsp3) is 0. The molecule has 0 atom stereocenters. The van der Waals surface area contributed by atoms with Gasteiger partial charge in [0.15, 0.2) is 0 Å². The second kappa shape index (κ2) is 7.18. The Kier molecular flexibility index (Phi) is 5.41. The minimum absolute atomic E-state index is 0.400. The Morgan fingerprint density at radius 2 is 1.70 bits per heavy atom. The molecule has 0 bridgehead atoms. The molecule has 0 fully saturated rings. The molecule has 0 saturated carbocycles. The number of hydrogen-bond donors (Lipinski definition) is 1. The third-order valence-corrected chi connectivity index (χ3v) is 5.96. The second-order valence-corrected chi connectivity index (χ2v) is 8.60. The molecule has 1 N–H and O–H groups in total. The van der Waals surface area contributed by atoms with E-state index in [1.807, 2.05) is 18.2 Å². The summed E-state index contributed by atoms with van der Waals surface area (Å²) in [4.78, 5) is 0. The maximum atomic E-state index is 6.11. The SMILES string of the molecule is Clc1cc(Cl)c(N/N=C/c2c(Br)sc3ccc(Cl)cc23)c(Cl)c1. The molecule has 0 aliphatic rings. The highest BCUT2D eigenvalue weighted by Crippen LogP contribution is 2.36. The van der Waals surface area contributed by atoms with E-state index in [1.54, 1.807) is 29.7 Å². The number of nitrogens with one attached hydrogen (secondary N) is 1. The Balaban J connectivity index is 1.92. The first-order valence-electron chi connectivity index (χ1n) is 6.27. The molecular formula is C15H7BrCl4N2S. The summed E-state index contributed by atoms with van der Waals surface area (Å²) in [6, 6.07) is 8.94. The van der Waals surface area contributed by atoms with Crippen molar-refractivity contribution in [2.45, 2.75) is 0 Å². The van der Waals surface area contributed by atoms with Gasteiger partial charge in [-0.3, -0.25) is 5.43 Å². The predicted octanol–water partition coefficient (Wildman–Crippen LogP) is 7.72. The van der Waals surface area contributed by atoms with Crippen LogP contribution in [0, 0.1) is 0 Å². The summed E-state index contributed by atoms with van der Waals surface area (Å²) >= 11 is 29.3. The summed E-state index contributed by atoms with van der Waals surface area (Å²) in [5.74, 6) is 0. The number of anilines is 1. The maximum Gasteiger partial charge on any atom is 0.0935 e. The van der Waals surface area contributed by atoms with Crippen molar-refractivity contribution < 1.29 is 0 Å². The molecule has 1 aromatic heterocycles. The van der Waals surface area contributed by atoms with Gasteiger partial charge in [0.25, 0.3) is 0 Å². The van der Waals surface area contributed by atoms with Gasteiger partial charge in [0.1, 0.15) is 0 Å². The molecule has 23 heavy (non-hydrogen) atoms. The molecule has 3 rings (SSSR count). The van der Waals surface area contributed by atoms with E-state index in [4.69, 9.17) is 46.4 Å². The van der Waals surface area contributed by atoms with Crippen molar-refractivity contribution in [3.05, 3.63) is 59.8 Å². The van der Waals surface area contributed by atoms with Crippen LogP contribution < -0.4 is 5.43 Å². The van der Waals surface area contributed by atoms with Gasteiger partial charge in [-0.2, -0.15) is 5.10 Å². The van der Waals surface area contributed by atoms with E-state index >= 15 is 0 Å². The zero-order valence-electron chi connectivity index (χ0n) is 11.2. The van der Waals surface area contributed by atoms with Gasteiger partial charge in [-0.25, -0.2) is 0 Å². The largest absolute Gasteiger partial charge is 0.275 e. The molecule has 0 radical (unpaired) electrons. The minimum Gasteiger partial charge on any atom is -0.275 e. The number of hydrazone groups is 1. The first-order valence-corrected chi connectivity index (χ1v) is 9.39. The van der Waals surface area contributed by atoms with Gasteiger partial charge in [0.05, 0.1) is 25.7 Å². The lowest BCUT2D eigenvalue weighted by molar-refractivity contribution is 1.35. The van der Waals surface area contributed by atoms with Gasteiger partial charge in [0.2, 0.25) is 0 Å². The lowest BCUT2D eigenvalue weighted by Crippen LogP contribution is -1.93. The highest BCUT2D eigenvalue weighted by atomic mass is 79.9. The normalized spacial score (nSPS) is 11.5. The maximum absolute atomic E-state index is 6.11. The zero-order chi connectivity index (χ0) is 16.6. The van der Waals surface area contributed by atoms with Gasteiger partial charge in [-0.15, -0.1) is 11.3 Å². The van der Waals surface area contributed by atoms with Crippen molar-refractivity contribution >= 4 is 95.7 Å². The summed E-state index contributed by atoms with van der Waals surface area (Å²) < 4.78 is 2.08. The van der Waals surface area contributed by atoms with E-state index in [9.17, 15) is 0 Å². The van der Waals surface area contributed by atoms with Gasteiger partial charge < -0.3 is 0 Å². The van der Waals surface area contributed by atoms with E-state index in [2.05, 4.69) is 26.5 Å². The van der Waals surface area contributed by atoms with Crippen LogP contribution in [-0.2, 0) is 0 Å². The number of rotatable bonds is 3. The summed E-state index contributed by atoms with van der Waals surface area (Å²) in [6.07, 6.45) is 1.69. The Labute approximate surface area is 165 Å². The topological polar surface area (TPSA) is 24.4 Å². The minimum atomic E-state index is 0.400. The number of nitrogens with zero attached hydrogens (tertiary/aromatic N) is 1. The van der Waals surface area contributed by atoms with Crippen LogP contribution in [0.1, 0.15) is 5.56 Å². The van der Waals surface area contributed by atoms with Crippen LogP contribution in [0.15, 0.2) is 39.2 Å². The van der Waals surface area contributed by atoms with Crippen LogP contribution in [0.3, 0.4) is 0 Å². The highest BCUT2D eigenvalue weighted by molar-refractivity contribution is 9.11. The van der Waals surface area contributed by atoms with Gasteiger partial charge in [-0.05, 0) is 46.3 Å². The molecule has 2 nitrogen and oxygen atoms in total. The number of benzene rings is 2. The first-order chi connectivity index (χ1) is 11.0. The Bertz CT molecular complexity index is 900. The fourth-order valence-corrected chi connectivity index (χ4v) is 4.78. The van der Waals surface area contributed by atoms with Crippen LogP contribution in [0.2, 0.25) is 20.1 Å². The lowest BCUT2D eigenvalue weighted by atomic mass is 10.2. The molecular weight excluding hydrogens is 462 g/mol. The quantitative estimate of drug-likeness (QED) is 0.308. The predicted molar refractivity (Wildman–Crippen MR) is 107 cm³/mol. The molecule has 0 amide bonds. The molecule has 8 heteroatoms. The molecule has 2 aromatic carbocycles. The van der Waals surface area contributed by atoms with E-state index in [0.29, 0.717) is 25.8 Å². The van der Waals surface area contributed by atoms with Crippen molar-refractivity contribution in [3.63, 3.8) is 0 Å². The lowest BCUT2D eigenvalue weighted by Gasteiger charge is -2.06. The van der Waals surface area contributed by atoms with Crippen LogP contribution in [-0.4, -0.2) is 6.21 Å². The van der Waals surface area contributed by atoms with Crippen molar-refractivity contribution in [2.24, 2.45) is 5.10 Å². The Hall–Kier alpha value is -0.490. The van der Waals surface area contributed by atoms with Crippen LogP contribution in [0.5, 0.6) is 0 Å². The first kappa shape index (κ1) is 17.3. The smallest absolute Gasteiger partial charge is 0.0935 e. The van der Waals surface area contributed by atoms with Crippen molar-refractivity contribution in [1.82, 2.24) is 0 Å². The molecule has 0 unspecified atom stereocenters. The Morgan fingerprint density at radius 3 is 2.39 bits per heavy atom. The van der Waals surface area contributed by atoms with Crippen LogP contribution >= 0.6 is 73.7 Å². The monoisotopic (exact) mass is 466 g/mol. The summed E-state index contributed by atoms with van der Waals surface area (Å²) in [6.45, 7) is 0. The number of hydrogen-bond acceptors (Lipinski definition) is 3.